The number of piperidine rings is 1. The lowest BCUT2D eigenvalue weighted by atomic mass is 9.94. The van der Waals surface area contributed by atoms with Crippen molar-refractivity contribution in [2.45, 2.75) is 25.4 Å². The molecular formula is C18H20N4O3S. The van der Waals surface area contributed by atoms with Crippen molar-refractivity contribution in [3.05, 3.63) is 40.6 Å². The van der Waals surface area contributed by atoms with Gasteiger partial charge in [-0.05, 0) is 25.0 Å². The first-order valence-corrected chi connectivity index (χ1v) is 9.61. The lowest BCUT2D eigenvalue weighted by Crippen LogP contribution is -2.47. The summed E-state index contributed by atoms with van der Waals surface area (Å²) < 4.78 is 1.65. The Balaban J connectivity index is 1.54. The Kier molecular flexibility index (Phi) is 4.36. The van der Waals surface area contributed by atoms with Crippen molar-refractivity contribution in [2.24, 2.45) is 13.0 Å². The quantitative estimate of drug-likeness (QED) is 0.599. The molecule has 7 nitrogen and oxygen atoms in total. The molecule has 0 unspecified atom stereocenters. The van der Waals surface area contributed by atoms with E-state index < -0.39 is 11.7 Å². The van der Waals surface area contributed by atoms with Crippen LogP contribution in [0.3, 0.4) is 0 Å². The Morgan fingerprint density at radius 3 is 2.85 bits per heavy atom. The third-order valence-corrected chi connectivity index (χ3v) is 5.90. The normalized spacial score (nSPS) is 22.6. The van der Waals surface area contributed by atoms with Gasteiger partial charge in [0, 0.05) is 37.8 Å². The van der Waals surface area contributed by atoms with Crippen molar-refractivity contribution in [3.8, 4) is 0 Å². The number of ketones is 1. The number of Topliss-reactive ketones (excluding diaryl/α,β-unsaturated/α-hetero) is 1. The van der Waals surface area contributed by atoms with Gasteiger partial charge in [-0.15, -0.1) is 11.3 Å². The number of hydrogen-bond acceptors (Lipinski definition) is 5. The third kappa shape index (κ3) is 2.94. The Hall–Kier alpha value is -2.48. The Morgan fingerprint density at radius 1 is 1.31 bits per heavy atom. The van der Waals surface area contributed by atoms with Crippen LogP contribution in [0.15, 0.2) is 29.2 Å². The molecule has 5 rings (SSSR count). The van der Waals surface area contributed by atoms with Crippen LogP contribution in [-0.2, 0) is 23.2 Å². The summed E-state index contributed by atoms with van der Waals surface area (Å²) in [4.78, 5) is 45.8. The molecule has 2 aromatic heterocycles. The molecule has 3 saturated heterocycles. The summed E-state index contributed by atoms with van der Waals surface area (Å²) in [5, 5.41) is 1.94. The zero-order valence-electron chi connectivity index (χ0n) is 14.5. The number of fused-ring (bicyclic) bond motifs is 4. The minimum atomic E-state index is -0.521. The van der Waals surface area contributed by atoms with Crippen molar-refractivity contribution in [3.63, 3.8) is 0 Å². The first kappa shape index (κ1) is 17.0. The van der Waals surface area contributed by atoms with E-state index in [4.69, 9.17) is 0 Å². The fourth-order valence-corrected chi connectivity index (χ4v) is 4.40. The highest BCUT2D eigenvalue weighted by Crippen LogP contribution is 2.30. The van der Waals surface area contributed by atoms with E-state index in [0.717, 1.165) is 18.5 Å². The second-order valence-corrected chi connectivity index (χ2v) is 7.64. The Labute approximate surface area is 155 Å². The number of aromatic nitrogens is 2. The van der Waals surface area contributed by atoms with Crippen LogP contribution in [0.4, 0.5) is 0 Å². The van der Waals surface area contributed by atoms with E-state index in [9.17, 15) is 14.4 Å². The van der Waals surface area contributed by atoms with Crippen molar-refractivity contribution >= 4 is 28.9 Å². The molecule has 8 heteroatoms. The monoisotopic (exact) mass is 372 g/mol. The van der Waals surface area contributed by atoms with Crippen LogP contribution >= 0.6 is 11.3 Å². The average molecular weight is 372 g/mol. The SMILES string of the molecule is Cn1cccc1C(=O)C(=O)N1C[C@@H]2CC[C@H](C1)N(Cc1cscn1)C2=O. The van der Waals surface area contributed by atoms with Crippen LogP contribution in [0.1, 0.15) is 29.0 Å². The molecule has 2 aromatic rings. The molecule has 0 aliphatic carbocycles. The number of thiazole rings is 1. The van der Waals surface area contributed by atoms with Gasteiger partial charge in [0.2, 0.25) is 5.91 Å². The number of amides is 2. The first-order chi connectivity index (χ1) is 12.5. The van der Waals surface area contributed by atoms with Crippen LogP contribution in [-0.4, -0.2) is 56.1 Å². The van der Waals surface area contributed by atoms with Gasteiger partial charge in [0.1, 0.15) is 0 Å². The number of rotatable bonds is 4. The van der Waals surface area contributed by atoms with Gasteiger partial charge in [0.15, 0.2) is 0 Å². The van der Waals surface area contributed by atoms with Gasteiger partial charge in [-0.25, -0.2) is 4.98 Å². The molecule has 5 heterocycles. The van der Waals surface area contributed by atoms with Crippen molar-refractivity contribution in [1.29, 1.82) is 0 Å². The third-order valence-electron chi connectivity index (χ3n) is 5.27. The van der Waals surface area contributed by atoms with E-state index in [0.29, 0.717) is 25.3 Å². The fourth-order valence-electron chi connectivity index (χ4n) is 3.85. The Bertz CT molecular complexity index is 845. The standard InChI is InChI=1S/C18H20N4O3S/c1-20-6-2-3-15(20)16(23)18(25)21-7-12-4-5-14(9-21)22(17(12)24)8-13-10-26-11-19-13/h2-3,6,10-12,14H,4-5,7-9H2,1H3/t12-,14+/m0/s1. The van der Waals surface area contributed by atoms with Crippen LogP contribution in [0, 0.1) is 5.92 Å². The number of nitrogens with zero attached hydrogens (tertiary/aromatic N) is 4. The first-order valence-electron chi connectivity index (χ1n) is 8.67. The second-order valence-electron chi connectivity index (χ2n) is 6.92. The van der Waals surface area contributed by atoms with Gasteiger partial charge < -0.3 is 14.4 Å². The minimum Gasteiger partial charge on any atom is -0.348 e. The minimum absolute atomic E-state index is 0.0619. The summed E-state index contributed by atoms with van der Waals surface area (Å²) in [6, 6.07) is 3.33. The largest absolute Gasteiger partial charge is 0.348 e. The molecule has 2 bridgehead atoms. The van der Waals surface area contributed by atoms with Crippen LogP contribution < -0.4 is 0 Å². The zero-order chi connectivity index (χ0) is 18.3. The highest BCUT2D eigenvalue weighted by atomic mass is 32.1. The predicted molar refractivity (Wildman–Crippen MR) is 95.5 cm³/mol. The van der Waals surface area contributed by atoms with Gasteiger partial charge >= 0.3 is 0 Å². The number of carbonyl (C=O) groups is 3. The number of aryl methyl sites for hydroxylation is 1. The molecule has 2 amide bonds. The molecule has 0 spiro atoms. The summed E-state index contributed by atoms with van der Waals surface area (Å²) in [5.41, 5.74) is 3.00. The maximum Gasteiger partial charge on any atom is 0.296 e. The van der Waals surface area contributed by atoms with Gasteiger partial charge in [-0.3, -0.25) is 14.4 Å². The molecule has 0 aromatic carbocycles. The summed E-state index contributed by atoms with van der Waals surface area (Å²) in [6.45, 7) is 1.19. The van der Waals surface area contributed by atoms with Crippen molar-refractivity contribution in [1.82, 2.24) is 19.4 Å². The highest BCUT2D eigenvalue weighted by molar-refractivity contribution is 7.07. The molecule has 0 N–H and O–H groups in total. The molecule has 3 fully saturated rings. The molecular weight excluding hydrogens is 352 g/mol. The smallest absolute Gasteiger partial charge is 0.296 e. The molecule has 0 saturated carbocycles. The molecule has 2 atom stereocenters. The lowest BCUT2D eigenvalue weighted by Gasteiger charge is -2.35. The summed E-state index contributed by atoms with van der Waals surface area (Å²) in [5.74, 6) is -1.21. The molecule has 26 heavy (non-hydrogen) atoms. The maximum absolute atomic E-state index is 12.8. The second kappa shape index (κ2) is 6.68. The van der Waals surface area contributed by atoms with Crippen LogP contribution in [0.25, 0.3) is 0 Å². The van der Waals surface area contributed by atoms with Crippen LogP contribution in [0.2, 0.25) is 0 Å². The van der Waals surface area contributed by atoms with E-state index in [1.165, 1.54) is 11.3 Å². The maximum atomic E-state index is 12.8. The van der Waals surface area contributed by atoms with Crippen molar-refractivity contribution < 1.29 is 14.4 Å². The molecule has 136 valence electrons. The topological polar surface area (TPSA) is 75.5 Å². The van der Waals surface area contributed by atoms with E-state index in [2.05, 4.69) is 4.98 Å². The predicted octanol–water partition coefficient (Wildman–Crippen LogP) is 1.31. The van der Waals surface area contributed by atoms with E-state index in [1.54, 1.807) is 40.4 Å². The zero-order valence-corrected chi connectivity index (χ0v) is 15.3. The van der Waals surface area contributed by atoms with E-state index in [1.807, 2.05) is 10.3 Å². The summed E-state index contributed by atoms with van der Waals surface area (Å²) in [7, 11) is 1.74. The van der Waals surface area contributed by atoms with E-state index in [-0.39, 0.29) is 17.9 Å². The van der Waals surface area contributed by atoms with Gasteiger partial charge in [-0.2, -0.15) is 0 Å². The molecule has 0 radical (unpaired) electrons. The van der Waals surface area contributed by atoms with Gasteiger partial charge in [0.25, 0.3) is 11.7 Å². The number of hydrogen-bond donors (Lipinski definition) is 0. The van der Waals surface area contributed by atoms with Gasteiger partial charge in [-0.1, -0.05) is 0 Å². The average Bonchev–Trinajstić information content (AvgIpc) is 3.22. The van der Waals surface area contributed by atoms with Gasteiger partial charge in [0.05, 0.1) is 29.4 Å². The Morgan fingerprint density at radius 2 is 2.15 bits per heavy atom. The molecule has 3 aliphatic heterocycles. The fraction of sp³-hybridized carbons (Fsp3) is 0.444. The highest BCUT2D eigenvalue weighted by Gasteiger charge is 2.43. The lowest BCUT2D eigenvalue weighted by molar-refractivity contribution is -0.140. The van der Waals surface area contributed by atoms with Crippen molar-refractivity contribution in [2.75, 3.05) is 13.1 Å². The van der Waals surface area contributed by atoms with Crippen LogP contribution in [0.5, 0.6) is 0 Å². The number of carbonyl (C=O) groups excluding carboxylic acids is 3. The van der Waals surface area contributed by atoms with E-state index >= 15 is 0 Å². The summed E-state index contributed by atoms with van der Waals surface area (Å²) in [6.07, 6.45) is 3.35. The summed E-state index contributed by atoms with van der Waals surface area (Å²) >= 11 is 1.50. The molecule has 3 aliphatic rings.